The summed E-state index contributed by atoms with van der Waals surface area (Å²) in [4.78, 5) is 31.5. The Kier molecular flexibility index (Phi) is 6.84. The third-order valence-corrected chi connectivity index (χ3v) is 8.42. The number of nitrogens with zero attached hydrogens (tertiary/aromatic N) is 6. The van der Waals surface area contributed by atoms with Gasteiger partial charge in [0, 0.05) is 80.6 Å². The van der Waals surface area contributed by atoms with Crippen molar-refractivity contribution in [3.05, 3.63) is 87.9 Å². The molecule has 1 fully saturated rings. The molecule has 3 aromatic heterocycles. The third-order valence-electron chi connectivity index (χ3n) is 7.37. The van der Waals surface area contributed by atoms with E-state index >= 15 is 0 Å². The van der Waals surface area contributed by atoms with Crippen LogP contribution in [0.25, 0.3) is 10.9 Å². The molecule has 1 saturated heterocycles. The minimum atomic E-state index is -0.973. The Bertz CT molecular complexity index is 1550. The van der Waals surface area contributed by atoms with Crippen LogP contribution in [-0.2, 0) is 19.6 Å². The molecule has 0 saturated carbocycles. The van der Waals surface area contributed by atoms with E-state index < -0.39 is 11.6 Å². The maximum absolute atomic E-state index is 14.5. The molecule has 7 nitrogen and oxygen atoms in total. The van der Waals surface area contributed by atoms with Gasteiger partial charge in [-0.3, -0.25) is 19.7 Å². The van der Waals surface area contributed by atoms with Crippen molar-refractivity contribution in [3.63, 3.8) is 0 Å². The minimum absolute atomic E-state index is 0.159. The van der Waals surface area contributed by atoms with Gasteiger partial charge in [-0.05, 0) is 43.5 Å². The van der Waals surface area contributed by atoms with Crippen molar-refractivity contribution in [2.45, 2.75) is 50.3 Å². The first-order valence-corrected chi connectivity index (χ1v) is 13.8. The quantitative estimate of drug-likeness (QED) is 0.360. The number of aromatic nitrogens is 4. The number of hydrogen-bond donors (Lipinski definition) is 0. The van der Waals surface area contributed by atoms with E-state index in [4.69, 9.17) is 0 Å². The summed E-state index contributed by atoms with van der Waals surface area (Å²) in [6, 6.07) is 5.29. The third kappa shape index (κ3) is 4.78. The van der Waals surface area contributed by atoms with Crippen LogP contribution in [0.2, 0.25) is 0 Å². The minimum Gasteiger partial charge on any atom is -0.354 e. The number of pyridine rings is 2. The fraction of sp³-hybridized carbons (Fsp3) is 0.357. The fourth-order valence-electron chi connectivity index (χ4n) is 5.59. The van der Waals surface area contributed by atoms with E-state index in [-0.39, 0.29) is 21.8 Å². The van der Waals surface area contributed by atoms with Crippen molar-refractivity contribution < 1.29 is 8.78 Å². The molecular formula is C28H28F2N6OS. The smallest absolute Gasteiger partial charge is 0.194 e. The number of thioether (sulfide) groups is 1. The van der Waals surface area contributed by atoms with Gasteiger partial charge < -0.3 is 9.47 Å². The van der Waals surface area contributed by atoms with E-state index in [0.717, 1.165) is 49.1 Å². The van der Waals surface area contributed by atoms with Crippen LogP contribution in [0.3, 0.4) is 0 Å². The van der Waals surface area contributed by atoms with Crippen molar-refractivity contribution in [2.75, 3.05) is 23.7 Å². The predicted molar refractivity (Wildman–Crippen MR) is 144 cm³/mol. The van der Waals surface area contributed by atoms with E-state index in [0.29, 0.717) is 36.5 Å². The summed E-state index contributed by atoms with van der Waals surface area (Å²) in [6.45, 7) is 5.29. The molecule has 0 radical (unpaired) electrons. The van der Waals surface area contributed by atoms with Gasteiger partial charge in [-0.2, -0.15) is 0 Å². The Morgan fingerprint density at radius 3 is 2.84 bits per heavy atom. The molecule has 0 bridgehead atoms. The first kappa shape index (κ1) is 24.9. The summed E-state index contributed by atoms with van der Waals surface area (Å²) in [6.07, 6.45) is 10.8. The van der Waals surface area contributed by atoms with Gasteiger partial charge in [-0.1, -0.05) is 0 Å². The van der Waals surface area contributed by atoms with Gasteiger partial charge in [0.05, 0.1) is 22.0 Å². The number of benzene rings is 1. The highest BCUT2D eigenvalue weighted by molar-refractivity contribution is 7.99. The van der Waals surface area contributed by atoms with Crippen LogP contribution in [-0.4, -0.2) is 49.3 Å². The van der Waals surface area contributed by atoms with E-state index in [2.05, 4.69) is 30.8 Å². The molecule has 4 aromatic rings. The molecule has 0 amide bonds. The number of piperidine rings is 1. The average molecular weight is 535 g/mol. The van der Waals surface area contributed by atoms with Gasteiger partial charge in [0.2, 0.25) is 0 Å². The lowest BCUT2D eigenvalue weighted by atomic mass is 10.0. The van der Waals surface area contributed by atoms with Crippen LogP contribution < -0.4 is 10.3 Å². The summed E-state index contributed by atoms with van der Waals surface area (Å²) >= 11 is 1.27. The van der Waals surface area contributed by atoms with Gasteiger partial charge in [-0.25, -0.2) is 13.8 Å². The van der Waals surface area contributed by atoms with Gasteiger partial charge in [0.25, 0.3) is 0 Å². The highest BCUT2D eigenvalue weighted by Gasteiger charge is 2.29. The van der Waals surface area contributed by atoms with Crippen molar-refractivity contribution in [1.82, 2.24) is 24.4 Å². The highest BCUT2D eigenvalue weighted by Crippen LogP contribution is 2.35. The van der Waals surface area contributed by atoms with Gasteiger partial charge >= 0.3 is 0 Å². The lowest BCUT2D eigenvalue weighted by Crippen LogP contribution is -2.48. The number of anilines is 1. The number of hydrogen-bond acceptors (Lipinski definition) is 7. The van der Waals surface area contributed by atoms with Gasteiger partial charge in [0.15, 0.2) is 17.1 Å². The zero-order valence-corrected chi connectivity index (χ0v) is 21.9. The summed E-state index contributed by atoms with van der Waals surface area (Å²) in [7, 11) is 0. The van der Waals surface area contributed by atoms with Crippen molar-refractivity contribution in [3.8, 4) is 0 Å². The molecule has 1 aromatic carbocycles. The lowest BCUT2D eigenvalue weighted by molar-refractivity contribution is 0.158. The Morgan fingerprint density at radius 2 is 2.03 bits per heavy atom. The molecule has 1 atom stereocenters. The largest absolute Gasteiger partial charge is 0.354 e. The Morgan fingerprint density at radius 1 is 1.13 bits per heavy atom. The Balaban J connectivity index is 1.38. The summed E-state index contributed by atoms with van der Waals surface area (Å²) < 4.78 is 30.9. The Labute approximate surface area is 223 Å². The van der Waals surface area contributed by atoms with Crippen LogP contribution in [0.4, 0.5) is 14.6 Å². The molecule has 0 spiro atoms. The molecule has 196 valence electrons. The highest BCUT2D eigenvalue weighted by atomic mass is 32.2. The second kappa shape index (κ2) is 10.4. The lowest BCUT2D eigenvalue weighted by Gasteiger charge is -2.40. The zero-order chi connectivity index (χ0) is 26.2. The molecule has 10 heteroatoms. The topological polar surface area (TPSA) is 67.2 Å². The molecule has 2 aliphatic rings. The van der Waals surface area contributed by atoms with Crippen LogP contribution in [0.15, 0.2) is 58.9 Å². The molecule has 6 rings (SSSR count). The summed E-state index contributed by atoms with van der Waals surface area (Å²) in [5, 5.41) is 0.244. The maximum atomic E-state index is 14.5. The van der Waals surface area contributed by atoms with Crippen LogP contribution >= 0.6 is 11.8 Å². The monoisotopic (exact) mass is 534 g/mol. The molecule has 2 aliphatic heterocycles. The molecule has 0 unspecified atom stereocenters. The van der Waals surface area contributed by atoms with Crippen LogP contribution in [0, 0.1) is 18.6 Å². The predicted octanol–water partition coefficient (Wildman–Crippen LogP) is 4.55. The summed E-state index contributed by atoms with van der Waals surface area (Å²) in [5.74, 6) is -0.377. The number of halogens is 2. The van der Waals surface area contributed by atoms with E-state index in [1.165, 1.54) is 11.8 Å². The average Bonchev–Trinajstić information content (AvgIpc) is 2.94. The first-order chi connectivity index (χ1) is 18.5. The SMILES string of the molecule is Cc1cc(CN(Cc2cn3c4c(c(F)c(F)cc4c2=O)SCC3)[C@H]2CCCN(c3cnccn3)C2)ccn1. The number of rotatable bonds is 6. The van der Waals surface area contributed by atoms with Gasteiger partial charge in [-0.15, -0.1) is 11.8 Å². The van der Waals surface area contributed by atoms with Crippen molar-refractivity contribution >= 4 is 28.5 Å². The molecular weight excluding hydrogens is 506 g/mol. The van der Waals surface area contributed by atoms with Crippen molar-refractivity contribution in [2.24, 2.45) is 0 Å². The summed E-state index contributed by atoms with van der Waals surface area (Å²) in [5.41, 5.74) is 2.89. The van der Waals surface area contributed by atoms with Crippen LogP contribution in [0.5, 0.6) is 0 Å². The molecule has 38 heavy (non-hydrogen) atoms. The second-order valence-corrected chi connectivity index (χ2v) is 11.0. The molecule has 0 N–H and O–H groups in total. The van der Waals surface area contributed by atoms with E-state index in [9.17, 15) is 13.6 Å². The van der Waals surface area contributed by atoms with Gasteiger partial charge in [0.1, 0.15) is 5.82 Å². The molecule has 5 heterocycles. The normalized spacial score (nSPS) is 17.4. The zero-order valence-electron chi connectivity index (χ0n) is 21.1. The standard InChI is InChI=1S/C28H28F2N6OS/c1-18-11-19(4-5-32-18)14-36(21-3-2-8-34(17-21)24-13-31-6-7-33-24)16-20-15-35-9-10-38-28-25(30)23(29)12-22(26(28)35)27(20)37/h4-7,11-13,15,21H,2-3,8-10,14,16-17H2,1H3/t21-/m0/s1. The first-order valence-electron chi connectivity index (χ1n) is 12.8. The second-order valence-electron chi connectivity index (χ2n) is 9.94. The van der Waals surface area contributed by atoms with E-state index in [1.807, 2.05) is 23.8 Å². The van der Waals surface area contributed by atoms with Crippen molar-refractivity contribution in [1.29, 1.82) is 0 Å². The fourth-order valence-corrected chi connectivity index (χ4v) is 6.67. The Hall–Kier alpha value is -3.37. The number of aryl methyl sites for hydroxylation is 2. The molecule has 0 aliphatic carbocycles. The van der Waals surface area contributed by atoms with E-state index in [1.54, 1.807) is 24.8 Å². The maximum Gasteiger partial charge on any atom is 0.194 e. The van der Waals surface area contributed by atoms with Crippen LogP contribution in [0.1, 0.15) is 29.7 Å².